The highest BCUT2D eigenvalue weighted by Gasteiger charge is 2.59. The van der Waals surface area contributed by atoms with Gasteiger partial charge >= 0.3 is 6.17 Å². The van der Waals surface area contributed by atoms with Gasteiger partial charge < -0.3 is 10.8 Å². The summed E-state index contributed by atoms with van der Waals surface area (Å²) in [7, 11) is 0. The summed E-state index contributed by atoms with van der Waals surface area (Å²) in [6, 6.07) is -0.414. The van der Waals surface area contributed by atoms with Crippen molar-refractivity contribution in [3.05, 3.63) is 11.4 Å². The average molecular weight is 277 g/mol. The van der Waals surface area contributed by atoms with Gasteiger partial charge in [0.05, 0.1) is 12.6 Å². The van der Waals surface area contributed by atoms with E-state index < -0.39 is 11.5 Å². The number of hydrogen-bond donors (Lipinski definition) is 2. The summed E-state index contributed by atoms with van der Waals surface area (Å²) < 4.78 is 0. The van der Waals surface area contributed by atoms with Crippen molar-refractivity contribution in [3.63, 3.8) is 0 Å². The molecule has 0 radical (unpaired) electrons. The van der Waals surface area contributed by atoms with Crippen molar-refractivity contribution < 1.29 is 9.90 Å². The van der Waals surface area contributed by atoms with Crippen LogP contribution in [0.4, 0.5) is 0 Å². The summed E-state index contributed by atoms with van der Waals surface area (Å²) in [5, 5.41) is 9.79. The molecule has 4 atom stereocenters. The van der Waals surface area contributed by atoms with Gasteiger partial charge in [0.1, 0.15) is 0 Å². The molecule has 1 amide bonds. The van der Waals surface area contributed by atoms with Gasteiger partial charge in [-0.05, 0) is 25.2 Å². The molecule has 20 heavy (non-hydrogen) atoms. The van der Waals surface area contributed by atoms with Crippen molar-refractivity contribution in [2.75, 3.05) is 6.61 Å². The van der Waals surface area contributed by atoms with Gasteiger partial charge in [0.15, 0.2) is 0 Å². The van der Waals surface area contributed by atoms with Gasteiger partial charge in [-0.25, -0.2) is 6.57 Å². The van der Waals surface area contributed by atoms with E-state index >= 15 is 0 Å². The summed E-state index contributed by atoms with van der Waals surface area (Å²) in [5.74, 6) is 0.411. The van der Waals surface area contributed by atoms with E-state index in [2.05, 4.69) is 4.85 Å². The van der Waals surface area contributed by atoms with Crippen LogP contribution in [0.3, 0.4) is 0 Å². The maximum atomic E-state index is 12.8. The predicted molar refractivity (Wildman–Crippen MR) is 74.3 cm³/mol. The van der Waals surface area contributed by atoms with Gasteiger partial charge in [-0.2, -0.15) is 0 Å². The molecule has 0 aromatic rings. The van der Waals surface area contributed by atoms with Crippen LogP contribution in [0.15, 0.2) is 0 Å². The molecule has 3 aliphatic rings. The first-order chi connectivity index (χ1) is 9.63. The lowest BCUT2D eigenvalue weighted by Gasteiger charge is -2.41. The minimum atomic E-state index is -0.656. The predicted octanol–water partition coefficient (Wildman–Crippen LogP) is 1.12. The number of piperidine rings is 1. The number of carbonyl (C=O) groups excluding carboxylic acids is 1. The highest BCUT2D eigenvalue weighted by molar-refractivity contribution is 5.84. The number of amides is 1. The Bertz CT molecular complexity index is 439. The second kappa shape index (κ2) is 5.01. The molecule has 3 rings (SSSR count). The summed E-state index contributed by atoms with van der Waals surface area (Å²) in [6.07, 6.45) is 6.36. The van der Waals surface area contributed by atoms with Crippen LogP contribution in [0.5, 0.6) is 0 Å². The van der Waals surface area contributed by atoms with E-state index in [0.717, 1.165) is 44.9 Å². The number of carbonyl (C=O) groups is 1. The van der Waals surface area contributed by atoms with Gasteiger partial charge in [-0.1, -0.05) is 19.3 Å². The van der Waals surface area contributed by atoms with Gasteiger partial charge in [-0.3, -0.25) is 14.5 Å². The van der Waals surface area contributed by atoms with Crippen LogP contribution in [-0.4, -0.2) is 40.8 Å². The van der Waals surface area contributed by atoms with E-state index in [4.69, 9.17) is 12.3 Å². The largest absolute Gasteiger partial charge is 0.396 e. The molecular formula is C15H23N3O2. The number of nitrogens with two attached hydrogens (primary N) is 1. The molecule has 1 unspecified atom stereocenters. The van der Waals surface area contributed by atoms with E-state index in [-0.39, 0.29) is 24.7 Å². The molecule has 0 aromatic heterocycles. The van der Waals surface area contributed by atoms with Gasteiger partial charge in [0.2, 0.25) is 5.91 Å². The molecule has 3 fully saturated rings. The van der Waals surface area contributed by atoms with Crippen LogP contribution in [0, 0.1) is 17.9 Å². The second-order valence-corrected chi connectivity index (χ2v) is 6.71. The molecule has 0 aromatic carbocycles. The van der Waals surface area contributed by atoms with E-state index in [9.17, 15) is 9.90 Å². The molecule has 2 saturated carbocycles. The molecule has 1 saturated heterocycles. The lowest BCUT2D eigenvalue weighted by atomic mass is 9.69. The molecule has 0 spiro atoms. The monoisotopic (exact) mass is 277 g/mol. The third-order valence-electron chi connectivity index (χ3n) is 5.57. The van der Waals surface area contributed by atoms with Crippen molar-refractivity contribution in [1.82, 2.24) is 4.90 Å². The zero-order chi connectivity index (χ0) is 14.3. The Labute approximate surface area is 119 Å². The zero-order valence-corrected chi connectivity index (χ0v) is 11.8. The first-order valence-corrected chi connectivity index (χ1v) is 7.68. The highest BCUT2D eigenvalue weighted by atomic mass is 16.3. The van der Waals surface area contributed by atoms with Crippen molar-refractivity contribution >= 4 is 5.91 Å². The first kappa shape index (κ1) is 13.8. The fraction of sp³-hybridized carbons (Fsp3) is 0.867. The van der Waals surface area contributed by atoms with Crippen LogP contribution in [0.25, 0.3) is 4.85 Å². The maximum Gasteiger partial charge on any atom is 0.301 e. The Morgan fingerprint density at radius 1 is 1.40 bits per heavy atom. The number of fused-ring (bicyclic) bond motifs is 1. The lowest BCUT2D eigenvalue weighted by Crippen LogP contribution is -2.57. The number of hydrogen-bond acceptors (Lipinski definition) is 3. The maximum absolute atomic E-state index is 12.8. The quantitative estimate of drug-likeness (QED) is 0.760. The van der Waals surface area contributed by atoms with Crippen LogP contribution >= 0.6 is 0 Å². The third kappa shape index (κ3) is 2.02. The summed E-state index contributed by atoms with van der Waals surface area (Å²) >= 11 is 0. The number of rotatable bonds is 3. The molecule has 0 bridgehead atoms. The Morgan fingerprint density at radius 3 is 2.70 bits per heavy atom. The molecule has 1 heterocycles. The Morgan fingerprint density at radius 2 is 2.10 bits per heavy atom. The van der Waals surface area contributed by atoms with Crippen molar-refractivity contribution in [1.29, 1.82) is 0 Å². The van der Waals surface area contributed by atoms with Crippen LogP contribution in [-0.2, 0) is 4.79 Å². The van der Waals surface area contributed by atoms with E-state index in [1.807, 2.05) is 0 Å². The number of nitrogens with zero attached hydrogens (tertiary/aromatic N) is 2. The molecule has 3 N–H and O–H groups in total. The second-order valence-electron chi connectivity index (χ2n) is 6.71. The molecule has 5 nitrogen and oxygen atoms in total. The van der Waals surface area contributed by atoms with E-state index in [1.165, 1.54) is 0 Å². The standard InChI is InChI=1S/C15H23N3O2/c1-17-12-8-10-7-11(10)18(12)14(20)13(16)15(9-19)5-3-2-4-6-15/h10-13,19H,2-9,16H2/t10-,11-,12-,13?/m0/s1. The number of likely N-dealkylation sites (tertiary alicyclic amines) is 1. The van der Waals surface area contributed by atoms with Gasteiger partial charge in [-0.15, -0.1) is 0 Å². The molecule has 110 valence electrons. The Balaban J connectivity index is 1.77. The van der Waals surface area contributed by atoms with Crippen LogP contribution in [0.1, 0.15) is 44.9 Å². The van der Waals surface area contributed by atoms with Crippen LogP contribution in [0.2, 0.25) is 0 Å². The lowest BCUT2D eigenvalue weighted by molar-refractivity contribution is -0.139. The van der Waals surface area contributed by atoms with Crippen LogP contribution < -0.4 is 5.73 Å². The minimum Gasteiger partial charge on any atom is -0.396 e. The van der Waals surface area contributed by atoms with E-state index in [1.54, 1.807) is 4.90 Å². The first-order valence-electron chi connectivity index (χ1n) is 7.68. The summed E-state index contributed by atoms with van der Waals surface area (Å²) in [5.41, 5.74) is 5.80. The molecule has 1 aliphatic heterocycles. The minimum absolute atomic E-state index is 0.0233. The Kier molecular flexibility index (Phi) is 3.47. The SMILES string of the molecule is [C-]#[N+][C@@H]1C[C@@H]2C[C@@H]2N1C(=O)C(N)C1(CO)CCCCC1. The fourth-order valence-corrected chi connectivity index (χ4v) is 4.10. The zero-order valence-electron chi connectivity index (χ0n) is 11.8. The van der Waals surface area contributed by atoms with Crippen molar-refractivity contribution in [2.45, 2.75) is 63.2 Å². The van der Waals surface area contributed by atoms with Gasteiger partial charge in [0.25, 0.3) is 0 Å². The number of aliphatic hydroxyl groups excluding tert-OH is 1. The molecule has 5 heteroatoms. The fourth-order valence-electron chi connectivity index (χ4n) is 4.10. The smallest absolute Gasteiger partial charge is 0.301 e. The molecule has 2 aliphatic carbocycles. The van der Waals surface area contributed by atoms with E-state index in [0.29, 0.717) is 5.92 Å². The highest BCUT2D eigenvalue weighted by Crippen LogP contribution is 2.49. The number of aliphatic hydroxyl groups is 1. The Hall–Kier alpha value is -1.12. The average Bonchev–Trinajstić information content (AvgIpc) is 3.17. The topological polar surface area (TPSA) is 70.9 Å². The van der Waals surface area contributed by atoms with Gasteiger partial charge in [0, 0.05) is 17.9 Å². The molecular weight excluding hydrogens is 254 g/mol. The summed E-state index contributed by atoms with van der Waals surface area (Å²) in [6.45, 7) is 7.23. The summed E-state index contributed by atoms with van der Waals surface area (Å²) in [4.78, 5) is 18.1. The normalized spacial score (nSPS) is 36.0. The third-order valence-corrected chi connectivity index (χ3v) is 5.57. The van der Waals surface area contributed by atoms with Crippen molar-refractivity contribution in [3.8, 4) is 0 Å². The van der Waals surface area contributed by atoms with Crippen molar-refractivity contribution in [2.24, 2.45) is 17.1 Å².